The van der Waals surface area contributed by atoms with Crippen molar-refractivity contribution in [2.45, 2.75) is 31.9 Å². The van der Waals surface area contributed by atoms with Crippen molar-refractivity contribution in [2.75, 3.05) is 0 Å². The lowest BCUT2D eigenvalue weighted by molar-refractivity contribution is -0.140. The third kappa shape index (κ3) is 2.22. The van der Waals surface area contributed by atoms with Gasteiger partial charge in [0.25, 0.3) is 0 Å². The number of carboxylic acid groups (broad SMARTS) is 1. The number of hydrogen-bond acceptors (Lipinski definition) is 2. The summed E-state index contributed by atoms with van der Waals surface area (Å²) >= 11 is 0. The van der Waals surface area contributed by atoms with E-state index in [1.165, 1.54) is 0 Å². The van der Waals surface area contributed by atoms with Crippen molar-refractivity contribution in [1.82, 2.24) is 0 Å². The molecule has 11 heavy (non-hydrogen) atoms. The smallest absolute Gasteiger partial charge is 0.305 e. The minimum Gasteiger partial charge on any atom is -0.481 e. The molecule has 0 aromatic rings. The van der Waals surface area contributed by atoms with E-state index in [2.05, 4.69) is 0 Å². The molecule has 4 heteroatoms. The monoisotopic (exact) mass is 154 g/mol. The molecule has 0 saturated carbocycles. The van der Waals surface area contributed by atoms with Crippen molar-refractivity contribution >= 4 is 13.8 Å². The first-order valence-corrected chi connectivity index (χ1v) is 3.72. The largest absolute Gasteiger partial charge is 0.481 e. The maximum atomic E-state index is 10.3. The Labute approximate surface area is 67.1 Å². The average molecular weight is 154 g/mol. The third-order valence-electron chi connectivity index (χ3n) is 1.96. The fraction of sp³-hybridized carbons (Fsp3) is 0.857. The van der Waals surface area contributed by atoms with E-state index in [0.29, 0.717) is 0 Å². The molecule has 60 valence electrons. The van der Waals surface area contributed by atoms with Crippen molar-refractivity contribution in [3.05, 3.63) is 0 Å². The van der Waals surface area contributed by atoms with Gasteiger partial charge in [-0.05, 0) is 12.3 Å². The van der Waals surface area contributed by atoms with Crippen LogP contribution >= 0.6 is 0 Å². The summed E-state index contributed by atoms with van der Waals surface area (Å²) in [6, 6.07) is -0.269. The first-order valence-electron chi connectivity index (χ1n) is 3.72. The molecule has 0 unspecified atom stereocenters. The topological polar surface area (TPSA) is 46.5 Å². The first kappa shape index (κ1) is 8.59. The third-order valence-corrected chi connectivity index (χ3v) is 1.96. The van der Waals surface area contributed by atoms with Gasteiger partial charge in [0.05, 0.1) is 12.5 Å². The van der Waals surface area contributed by atoms with Gasteiger partial charge in [-0.15, -0.1) is 0 Å². The lowest BCUT2D eigenvalue weighted by Gasteiger charge is -2.11. The Kier molecular flexibility index (Phi) is 2.55. The number of ether oxygens (including phenoxy) is 1. The number of aliphatic carboxylic acids is 1. The molecule has 0 aliphatic carbocycles. The standard InChI is InChI=1S/C7H11BO3/c1-4-2-6(8)11-5(4)3-7(9)10/h4-6H,2-3H2,1H3,(H,9,10)/t4-,5-,6-/m1/s1. The highest BCUT2D eigenvalue weighted by atomic mass is 16.5. The summed E-state index contributed by atoms with van der Waals surface area (Å²) in [7, 11) is 5.48. The lowest BCUT2D eigenvalue weighted by Crippen LogP contribution is -2.18. The molecular weight excluding hydrogens is 143 g/mol. The molecule has 0 bridgehead atoms. The van der Waals surface area contributed by atoms with E-state index in [1.807, 2.05) is 6.92 Å². The second-order valence-corrected chi connectivity index (χ2v) is 3.02. The minimum atomic E-state index is -0.823. The number of carboxylic acids is 1. The predicted molar refractivity (Wildman–Crippen MR) is 40.4 cm³/mol. The average Bonchev–Trinajstić information content (AvgIpc) is 2.09. The van der Waals surface area contributed by atoms with Crippen LogP contribution in [-0.4, -0.2) is 31.0 Å². The summed E-state index contributed by atoms with van der Waals surface area (Å²) in [5.41, 5.74) is 0. The Morgan fingerprint density at radius 1 is 1.82 bits per heavy atom. The molecule has 0 aromatic carbocycles. The molecule has 0 amide bonds. The predicted octanol–water partition coefficient (Wildman–Crippen LogP) is 0.381. The van der Waals surface area contributed by atoms with Crippen LogP contribution in [0.3, 0.4) is 0 Å². The Morgan fingerprint density at radius 3 is 2.82 bits per heavy atom. The van der Waals surface area contributed by atoms with Crippen LogP contribution in [0.1, 0.15) is 19.8 Å². The van der Waals surface area contributed by atoms with E-state index in [9.17, 15) is 4.79 Å². The zero-order valence-corrected chi connectivity index (χ0v) is 6.49. The van der Waals surface area contributed by atoms with Gasteiger partial charge >= 0.3 is 5.97 Å². The summed E-state index contributed by atoms with van der Waals surface area (Å²) in [5, 5.41) is 8.46. The second-order valence-electron chi connectivity index (χ2n) is 3.02. The van der Waals surface area contributed by atoms with Crippen LogP contribution in [0.2, 0.25) is 0 Å². The molecule has 1 aliphatic heterocycles. The van der Waals surface area contributed by atoms with Gasteiger partial charge in [-0.2, -0.15) is 0 Å². The molecule has 1 heterocycles. The molecule has 1 fully saturated rings. The quantitative estimate of drug-likeness (QED) is 0.584. The Hall–Kier alpha value is -0.505. The molecule has 3 nitrogen and oxygen atoms in total. The number of rotatable bonds is 2. The number of hydrogen-bond donors (Lipinski definition) is 1. The van der Waals surface area contributed by atoms with Crippen LogP contribution < -0.4 is 0 Å². The molecule has 0 aromatic heterocycles. The van der Waals surface area contributed by atoms with Crippen LogP contribution in [0.5, 0.6) is 0 Å². The molecule has 2 radical (unpaired) electrons. The van der Waals surface area contributed by atoms with Gasteiger partial charge in [0.1, 0.15) is 7.85 Å². The van der Waals surface area contributed by atoms with Crippen LogP contribution in [-0.2, 0) is 9.53 Å². The fourth-order valence-corrected chi connectivity index (χ4v) is 1.35. The first-order chi connectivity index (χ1) is 5.09. The molecule has 1 aliphatic rings. The van der Waals surface area contributed by atoms with Crippen LogP contribution in [0.4, 0.5) is 0 Å². The highest BCUT2D eigenvalue weighted by molar-refractivity contribution is 6.11. The van der Waals surface area contributed by atoms with Crippen molar-refractivity contribution in [2.24, 2.45) is 5.92 Å². The zero-order chi connectivity index (χ0) is 8.43. The Balaban J connectivity index is 2.40. The highest BCUT2D eigenvalue weighted by Gasteiger charge is 2.30. The SMILES string of the molecule is [B][C@H]1C[C@@H](C)[C@@H](CC(=O)O)O1. The lowest BCUT2D eigenvalue weighted by atomic mass is 9.91. The van der Waals surface area contributed by atoms with Gasteiger partial charge in [-0.3, -0.25) is 4.79 Å². The van der Waals surface area contributed by atoms with Crippen LogP contribution in [0.15, 0.2) is 0 Å². The fourth-order valence-electron chi connectivity index (χ4n) is 1.35. The summed E-state index contributed by atoms with van der Waals surface area (Å²) in [6.45, 7) is 1.96. The zero-order valence-electron chi connectivity index (χ0n) is 6.49. The van der Waals surface area contributed by atoms with Gasteiger partial charge in [0, 0.05) is 6.00 Å². The van der Waals surface area contributed by atoms with Crippen molar-refractivity contribution < 1.29 is 14.6 Å². The molecular formula is C7H11BO3. The Bertz CT molecular complexity index is 160. The molecule has 1 N–H and O–H groups in total. The van der Waals surface area contributed by atoms with Crippen LogP contribution in [0, 0.1) is 5.92 Å². The van der Waals surface area contributed by atoms with Crippen molar-refractivity contribution in [3.8, 4) is 0 Å². The number of carbonyl (C=O) groups is 1. The van der Waals surface area contributed by atoms with Gasteiger partial charge in [0.2, 0.25) is 0 Å². The van der Waals surface area contributed by atoms with E-state index in [1.54, 1.807) is 0 Å². The summed E-state index contributed by atoms with van der Waals surface area (Å²) in [5.74, 6) is -0.558. The van der Waals surface area contributed by atoms with E-state index >= 15 is 0 Å². The van der Waals surface area contributed by atoms with Crippen LogP contribution in [0.25, 0.3) is 0 Å². The molecule has 1 saturated heterocycles. The van der Waals surface area contributed by atoms with E-state index in [-0.39, 0.29) is 24.4 Å². The Morgan fingerprint density at radius 2 is 2.45 bits per heavy atom. The molecule has 1 rings (SSSR count). The maximum absolute atomic E-state index is 10.3. The maximum Gasteiger partial charge on any atom is 0.305 e. The minimum absolute atomic E-state index is 0.0644. The normalized spacial score (nSPS) is 37.4. The van der Waals surface area contributed by atoms with Crippen molar-refractivity contribution in [1.29, 1.82) is 0 Å². The van der Waals surface area contributed by atoms with Gasteiger partial charge in [-0.25, -0.2) is 0 Å². The van der Waals surface area contributed by atoms with Gasteiger partial charge < -0.3 is 9.84 Å². The van der Waals surface area contributed by atoms with E-state index in [0.717, 1.165) is 6.42 Å². The summed E-state index contributed by atoms with van der Waals surface area (Å²) in [6.07, 6.45) is 0.634. The second kappa shape index (κ2) is 3.26. The molecule has 3 atom stereocenters. The van der Waals surface area contributed by atoms with Gasteiger partial charge in [0.15, 0.2) is 0 Å². The van der Waals surface area contributed by atoms with Crippen molar-refractivity contribution in [3.63, 3.8) is 0 Å². The molecule has 0 spiro atoms. The van der Waals surface area contributed by atoms with E-state index in [4.69, 9.17) is 17.7 Å². The highest BCUT2D eigenvalue weighted by Crippen LogP contribution is 2.26. The summed E-state index contributed by atoms with van der Waals surface area (Å²) in [4.78, 5) is 10.3. The summed E-state index contributed by atoms with van der Waals surface area (Å²) < 4.78 is 5.18. The van der Waals surface area contributed by atoms with E-state index < -0.39 is 5.97 Å². The van der Waals surface area contributed by atoms with Gasteiger partial charge in [-0.1, -0.05) is 6.92 Å².